The smallest absolute Gasteiger partial charge is 0.307 e. The zero-order chi connectivity index (χ0) is 22.1. The molecular weight excluding hydrogens is 439 g/mol. The second-order valence-electron chi connectivity index (χ2n) is 6.41. The van der Waals surface area contributed by atoms with Gasteiger partial charge in [0.05, 0.1) is 10.6 Å². The summed E-state index contributed by atoms with van der Waals surface area (Å²) in [7, 11) is 0. The molecule has 0 fully saturated rings. The molecule has 3 rings (SSSR count). The number of amides is 3. The minimum Gasteiger partial charge on any atom is -0.307 e. The number of imide groups is 1. The van der Waals surface area contributed by atoms with Crippen LogP contribution in [0.2, 0.25) is 5.02 Å². The van der Waals surface area contributed by atoms with Crippen LogP contribution in [0, 0.1) is 13.8 Å². The lowest BCUT2D eigenvalue weighted by atomic mass is 10.1. The predicted octanol–water partition coefficient (Wildman–Crippen LogP) is 6.06. The van der Waals surface area contributed by atoms with Crippen LogP contribution in [0.15, 0.2) is 41.8 Å². The summed E-state index contributed by atoms with van der Waals surface area (Å²) < 4.78 is 38.3. The summed E-state index contributed by atoms with van der Waals surface area (Å²) in [6.45, 7) is 3.65. The van der Waals surface area contributed by atoms with E-state index in [-0.39, 0.29) is 21.3 Å². The fourth-order valence-corrected chi connectivity index (χ4v) is 3.86. The van der Waals surface area contributed by atoms with Crippen LogP contribution in [-0.2, 0) is 6.18 Å². The Balaban J connectivity index is 1.73. The van der Waals surface area contributed by atoms with Gasteiger partial charge in [0.15, 0.2) is 0 Å². The van der Waals surface area contributed by atoms with Gasteiger partial charge in [0.2, 0.25) is 0 Å². The number of carbonyl (C=O) groups excluding carboxylic acids is 2. The van der Waals surface area contributed by atoms with E-state index in [2.05, 4.69) is 15.6 Å². The van der Waals surface area contributed by atoms with Gasteiger partial charge in [-0.25, -0.2) is 9.78 Å². The molecule has 156 valence electrons. The molecule has 0 aliphatic heterocycles. The molecule has 3 aromatic rings. The molecule has 0 bridgehead atoms. The second-order valence-corrected chi connectivity index (χ2v) is 7.67. The third-order valence-corrected chi connectivity index (χ3v) is 5.40. The lowest BCUT2D eigenvalue weighted by Gasteiger charge is -2.11. The van der Waals surface area contributed by atoms with E-state index >= 15 is 0 Å². The molecule has 2 N–H and O–H groups in total. The SMILES string of the molecule is Cc1cccc(C)c1NC(=O)NC(=O)c1csc(-c2ccc(C(F)(F)F)cc2Cl)n1. The highest BCUT2D eigenvalue weighted by Gasteiger charge is 2.31. The van der Waals surface area contributed by atoms with E-state index in [1.807, 2.05) is 32.0 Å². The van der Waals surface area contributed by atoms with Crippen molar-refractivity contribution in [2.75, 3.05) is 5.32 Å². The fourth-order valence-electron chi connectivity index (χ4n) is 2.69. The summed E-state index contributed by atoms with van der Waals surface area (Å²) >= 11 is 6.99. The van der Waals surface area contributed by atoms with Crippen LogP contribution in [0.5, 0.6) is 0 Å². The minimum atomic E-state index is -4.51. The van der Waals surface area contributed by atoms with Gasteiger partial charge >= 0.3 is 12.2 Å². The van der Waals surface area contributed by atoms with E-state index < -0.39 is 23.7 Å². The van der Waals surface area contributed by atoms with Crippen LogP contribution >= 0.6 is 22.9 Å². The van der Waals surface area contributed by atoms with Crippen LogP contribution in [0.3, 0.4) is 0 Å². The molecule has 30 heavy (non-hydrogen) atoms. The van der Waals surface area contributed by atoms with Crippen molar-refractivity contribution in [1.29, 1.82) is 0 Å². The number of hydrogen-bond donors (Lipinski definition) is 2. The molecule has 5 nitrogen and oxygen atoms in total. The van der Waals surface area contributed by atoms with Crippen LogP contribution in [-0.4, -0.2) is 16.9 Å². The highest BCUT2D eigenvalue weighted by Crippen LogP contribution is 2.36. The topological polar surface area (TPSA) is 71.1 Å². The van der Waals surface area contributed by atoms with Gasteiger partial charge in [-0.05, 0) is 43.2 Å². The first-order chi connectivity index (χ1) is 14.1. The number of carbonyl (C=O) groups is 2. The second kappa shape index (κ2) is 8.45. The van der Waals surface area contributed by atoms with Crippen molar-refractivity contribution in [3.8, 4) is 10.6 Å². The van der Waals surface area contributed by atoms with Crippen LogP contribution < -0.4 is 10.6 Å². The van der Waals surface area contributed by atoms with Crippen molar-refractivity contribution in [2.45, 2.75) is 20.0 Å². The predicted molar refractivity (Wildman–Crippen MR) is 110 cm³/mol. The van der Waals surface area contributed by atoms with Crippen molar-refractivity contribution >= 4 is 40.6 Å². The number of anilines is 1. The lowest BCUT2D eigenvalue weighted by Crippen LogP contribution is -2.34. The minimum absolute atomic E-state index is 0.0531. The van der Waals surface area contributed by atoms with Crippen molar-refractivity contribution in [3.05, 3.63) is 69.2 Å². The number of benzene rings is 2. The quantitative estimate of drug-likeness (QED) is 0.506. The number of hydrogen-bond acceptors (Lipinski definition) is 4. The summed E-state index contributed by atoms with van der Waals surface area (Å²) in [5.41, 5.74) is 1.60. The van der Waals surface area contributed by atoms with Gasteiger partial charge in [0, 0.05) is 16.6 Å². The number of aromatic nitrogens is 1. The zero-order valence-corrected chi connectivity index (χ0v) is 17.3. The number of thiazole rings is 1. The number of alkyl halides is 3. The molecule has 0 unspecified atom stereocenters. The highest BCUT2D eigenvalue weighted by molar-refractivity contribution is 7.13. The van der Waals surface area contributed by atoms with Gasteiger partial charge < -0.3 is 5.32 Å². The average molecular weight is 454 g/mol. The van der Waals surface area contributed by atoms with Crippen LogP contribution in [0.25, 0.3) is 10.6 Å². The van der Waals surface area contributed by atoms with Crippen molar-refractivity contribution in [2.24, 2.45) is 0 Å². The number of nitrogens with zero attached hydrogens (tertiary/aromatic N) is 1. The Morgan fingerprint density at radius 3 is 2.37 bits per heavy atom. The summed E-state index contributed by atoms with van der Waals surface area (Å²) in [5.74, 6) is -0.746. The standard InChI is InChI=1S/C20H15ClF3N3O2S/c1-10-4-3-5-11(2)16(10)26-19(29)27-17(28)15-9-30-18(25-15)13-7-6-12(8-14(13)21)20(22,23)24/h3-9H,1-2H3,(H2,26,27,28,29). The third kappa shape index (κ3) is 4.80. The molecule has 1 aromatic heterocycles. The molecule has 3 amide bonds. The Morgan fingerprint density at radius 1 is 1.10 bits per heavy atom. The van der Waals surface area contributed by atoms with E-state index in [4.69, 9.17) is 11.6 Å². The summed E-state index contributed by atoms with van der Waals surface area (Å²) in [4.78, 5) is 28.6. The molecule has 0 aliphatic carbocycles. The lowest BCUT2D eigenvalue weighted by molar-refractivity contribution is -0.137. The van der Waals surface area contributed by atoms with E-state index in [0.29, 0.717) is 5.69 Å². The van der Waals surface area contributed by atoms with Crippen LogP contribution in [0.1, 0.15) is 27.2 Å². The van der Waals surface area contributed by atoms with Gasteiger partial charge in [-0.1, -0.05) is 29.8 Å². The zero-order valence-electron chi connectivity index (χ0n) is 15.7. The molecule has 0 saturated carbocycles. The third-order valence-electron chi connectivity index (χ3n) is 4.21. The molecule has 0 saturated heterocycles. The Hall–Kier alpha value is -2.91. The van der Waals surface area contributed by atoms with E-state index in [9.17, 15) is 22.8 Å². The Bertz CT molecular complexity index is 1110. The molecule has 0 atom stereocenters. The fraction of sp³-hybridized carbons (Fsp3) is 0.150. The Kier molecular flexibility index (Phi) is 6.14. The summed E-state index contributed by atoms with van der Waals surface area (Å²) in [5, 5.41) is 6.32. The maximum atomic E-state index is 12.8. The molecule has 0 aliphatic rings. The first kappa shape index (κ1) is 21.8. The summed E-state index contributed by atoms with van der Waals surface area (Å²) in [6.07, 6.45) is -4.51. The van der Waals surface area contributed by atoms with Gasteiger partial charge in [-0.2, -0.15) is 13.2 Å². The van der Waals surface area contributed by atoms with Gasteiger partial charge in [-0.3, -0.25) is 10.1 Å². The van der Waals surface area contributed by atoms with Crippen molar-refractivity contribution in [3.63, 3.8) is 0 Å². The number of aryl methyl sites for hydroxylation is 2. The number of halogens is 4. The number of nitrogens with one attached hydrogen (secondary N) is 2. The molecule has 0 spiro atoms. The van der Waals surface area contributed by atoms with E-state index in [0.717, 1.165) is 34.6 Å². The molecule has 1 heterocycles. The number of para-hydroxylation sites is 1. The normalized spacial score (nSPS) is 11.3. The summed E-state index contributed by atoms with van der Waals surface area (Å²) in [6, 6.07) is 7.66. The van der Waals surface area contributed by atoms with Crippen LogP contribution in [0.4, 0.5) is 23.7 Å². The van der Waals surface area contributed by atoms with Gasteiger partial charge in [-0.15, -0.1) is 11.3 Å². The maximum absolute atomic E-state index is 12.8. The van der Waals surface area contributed by atoms with Gasteiger partial charge in [0.1, 0.15) is 10.7 Å². The highest BCUT2D eigenvalue weighted by atomic mass is 35.5. The first-order valence-corrected chi connectivity index (χ1v) is 9.83. The maximum Gasteiger partial charge on any atom is 0.416 e. The number of urea groups is 1. The molecule has 0 radical (unpaired) electrons. The van der Waals surface area contributed by atoms with E-state index in [1.54, 1.807) is 0 Å². The molecule has 10 heteroatoms. The Morgan fingerprint density at radius 2 is 1.77 bits per heavy atom. The molecule has 2 aromatic carbocycles. The molecular formula is C20H15ClF3N3O2S. The monoisotopic (exact) mass is 453 g/mol. The van der Waals surface area contributed by atoms with Crippen molar-refractivity contribution < 1.29 is 22.8 Å². The van der Waals surface area contributed by atoms with Crippen molar-refractivity contribution in [1.82, 2.24) is 10.3 Å². The van der Waals surface area contributed by atoms with E-state index in [1.165, 1.54) is 11.4 Å². The average Bonchev–Trinajstić information content (AvgIpc) is 3.14. The van der Waals surface area contributed by atoms with Gasteiger partial charge in [0.25, 0.3) is 5.91 Å². The first-order valence-electron chi connectivity index (χ1n) is 8.57. The number of rotatable bonds is 3. The Labute approximate surface area is 178 Å². The largest absolute Gasteiger partial charge is 0.416 e.